The second-order valence-corrected chi connectivity index (χ2v) is 4.54. The SMILES string of the molecule is CCOc1cccc(C(Br)C(C)=O)c1OC(F)(F)F. The Morgan fingerprint density at radius 1 is 1.42 bits per heavy atom. The molecule has 1 aromatic rings. The molecular weight excluding hydrogens is 329 g/mol. The van der Waals surface area contributed by atoms with Crippen molar-refractivity contribution in [2.45, 2.75) is 25.0 Å². The third kappa shape index (κ3) is 4.41. The largest absolute Gasteiger partial charge is 0.573 e. The first-order valence-corrected chi connectivity index (χ1v) is 6.33. The van der Waals surface area contributed by atoms with E-state index in [1.54, 1.807) is 6.92 Å². The molecule has 0 aliphatic heterocycles. The van der Waals surface area contributed by atoms with E-state index in [1.807, 2.05) is 0 Å². The molecule has 0 saturated heterocycles. The zero-order valence-electron chi connectivity index (χ0n) is 10.3. The Hall–Kier alpha value is -1.24. The average Bonchev–Trinajstić information content (AvgIpc) is 2.29. The van der Waals surface area contributed by atoms with Crippen molar-refractivity contribution >= 4 is 21.7 Å². The van der Waals surface area contributed by atoms with Gasteiger partial charge in [-0.2, -0.15) is 0 Å². The van der Waals surface area contributed by atoms with E-state index in [0.717, 1.165) is 0 Å². The number of carbonyl (C=O) groups is 1. The van der Waals surface area contributed by atoms with E-state index in [-0.39, 0.29) is 23.7 Å². The van der Waals surface area contributed by atoms with Gasteiger partial charge in [-0.25, -0.2) is 0 Å². The summed E-state index contributed by atoms with van der Waals surface area (Å²) in [5, 5.41) is 0. The summed E-state index contributed by atoms with van der Waals surface area (Å²) < 4.78 is 46.4. The van der Waals surface area contributed by atoms with Gasteiger partial charge in [0.15, 0.2) is 11.5 Å². The van der Waals surface area contributed by atoms with Gasteiger partial charge in [0, 0.05) is 5.56 Å². The highest BCUT2D eigenvalue weighted by atomic mass is 79.9. The van der Waals surface area contributed by atoms with Crippen molar-refractivity contribution in [3.63, 3.8) is 0 Å². The molecular formula is C12H12BrF3O3. The fourth-order valence-corrected chi connectivity index (χ4v) is 1.81. The topological polar surface area (TPSA) is 35.5 Å². The van der Waals surface area contributed by atoms with Crippen molar-refractivity contribution in [1.82, 2.24) is 0 Å². The summed E-state index contributed by atoms with van der Waals surface area (Å²) in [4.78, 5) is 10.4. The van der Waals surface area contributed by atoms with Crippen LogP contribution in [-0.4, -0.2) is 18.8 Å². The molecule has 0 amide bonds. The van der Waals surface area contributed by atoms with Gasteiger partial charge in [-0.05, 0) is 19.9 Å². The minimum absolute atomic E-state index is 0.0528. The van der Waals surface area contributed by atoms with Gasteiger partial charge in [-0.3, -0.25) is 4.79 Å². The molecule has 0 fully saturated rings. The second-order valence-electron chi connectivity index (χ2n) is 3.63. The van der Waals surface area contributed by atoms with Crippen LogP contribution < -0.4 is 9.47 Å². The molecule has 0 aliphatic carbocycles. The molecule has 1 atom stereocenters. The summed E-state index contributed by atoms with van der Waals surface area (Å²) >= 11 is 3.04. The minimum atomic E-state index is -4.86. The number of benzene rings is 1. The molecule has 0 saturated carbocycles. The average molecular weight is 341 g/mol. The van der Waals surface area contributed by atoms with E-state index in [4.69, 9.17) is 4.74 Å². The Kier molecular flexibility index (Phi) is 5.22. The van der Waals surface area contributed by atoms with Gasteiger partial charge in [0.05, 0.1) is 6.61 Å². The van der Waals surface area contributed by atoms with Crippen LogP contribution in [-0.2, 0) is 4.79 Å². The first-order valence-electron chi connectivity index (χ1n) is 5.42. The predicted molar refractivity (Wildman–Crippen MR) is 66.6 cm³/mol. The standard InChI is InChI=1S/C12H12BrF3O3/c1-3-18-9-6-4-5-8(10(13)7(2)17)11(9)19-12(14,15)16/h4-6,10H,3H2,1-2H3. The highest BCUT2D eigenvalue weighted by molar-refractivity contribution is 9.09. The maximum atomic E-state index is 12.4. The van der Waals surface area contributed by atoms with E-state index >= 15 is 0 Å². The van der Waals surface area contributed by atoms with Crippen molar-refractivity contribution in [1.29, 1.82) is 0 Å². The maximum Gasteiger partial charge on any atom is 0.573 e. The highest BCUT2D eigenvalue weighted by Crippen LogP contribution is 2.41. The van der Waals surface area contributed by atoms with Crippen LogP contribution in [0.25, 0.3) is 0 Å². The van der Waals surface area contributed by atoms with E-state index < -0.39 is 16.9 Å². The van der Waals surface area contributed by atoms with Crippen LogP contribution in [0.3, 0.4) is 0 Å². The van der Waals surface area contributed by atoms with Crippen LogP contribution in [0.1, 0.15) is 24.2 Å². The fraction of sp³-hybridized carbons (Fsp3) is 0.417. The summed E-state index contributed by atoms with van der Waals surface area (Å²) in [5.41, 5.74) is 0.0794. The van der Waals surface area contributed by atoms with Gasteiger partial charge in [0.2, 0.25) is 0 Å². The number of para-hydroxylation sites is 1. The lowest BCUT2D eigenvalue weighted by Gasteiger charge is -2.18. The van der Waals surface area contributed by atoms with Crippen LogP contribution in [0.5, 0.6) is 11.5 Å². The van der Waals surface area contributed by atoms with Crippen molar-refractivity contribution in [2.75, 3.05) is 6.61 Å². The number of rotatable bonds is 5. The number of carbonyl (C=O) groups excluding carboxylic acids is 1. The number of hydrogen-bond acceptors (Lipinski definition) is 3. The summed E-state index contributed by atoms with van der Waals surface area (Å²) in [5.74, 6) is -0.877. The van der Waals surface area contributed by atoms with Crippen LogP contribution in [0.2, 0.25) is 0 Å². The number of alkyl halides is 4. The van der Waals surface area contributed by atoms with Crippen LogP contribution in [0.15, 0.2) is 18.2 Å². The molecule has 1 unspecified atom stereocenters. The Bertz CT molecular complexity index is 460. The molecule has 0 N–H and O–H groups in total. The van der Waals surface area contributed by atoms with Crippen LogP contribution >= 0.6 is 15.9 Å². The Labute approximate surface area is 116 Å². The normalized spacial score (nSPS) is 12.9. The third-order valence-electron chi connectivity index (χ3n) is 2.16. The van der Waals surface area contributed by atoms with Crippen molar-refractivity contribution < 1.29 is 27.4 Å². The van der Waals surface area contributed by atoms with Gasteiger partial charge < -0.3 is 9.47 Å². The summed E-state index contributed by atoms with van der Waals surface area (Å²) in [6, 6.07) is 4.24. The van der Waals surface area contributed by atoms with Crippen molar-refractivity contribution in [3.05, 3.63) is 23.8 Å². The quantitative estimate of drug-likeness (QED) is 0.759. The summed E-state index contributed by atoms with van der Waals surface area (Å²) in [7, 11) is 0. The molecule has 0 spiro atoms. The molecule has 0 aliphatic rings. The van der Waals surface area contributed by atoms with Crippen LogP contribution in [0.4, 0.5) is 13.2 Å². The first-order chi connectivity index (χ1) is 8.76. The van der Waals surface area contributed by atoms with Gasteiger partial charge in [0.25, 0.3) is 0 Å². The molecule has 0 heterocycles. The lowest BCUT2D eigenvalue weighted by molar-refractivity contribution is -0.275. The number of ketones is 1. The molecule has 3 nitrogen and oxygen atoms in total. The molecule has 0 radical (unpaired) electrons. The Balaban J connectivity index is 3.29. The van der Waals surface area contributed by atoms with Gasteiger partial charge >= 0.3 is 6.36 Å². The minimum Gasteiger partial charge on any atom is -0.490 e. The molecule has 1 aromatic carbocycles. The monoisotopic (exact) mass is 340 g/mol. The molecule has 106 valence electrons. The maximum absolute atomic E-state index is 12.4. The summed E-state index contributed by atoms with van der Waals surface area (Å²) in [6.07, 6.45) is -4.86. The fourth-order valence-electron chi connectivity index (χ4n) is 1.45. The number of halogens is 4. The molecule has 7 heteroatoms. The number of hydrogen-bond donors (Lipinski definition) is 0. The Morgan fingerprint density at radius 3 is 2.53 bits per heavy atom. The van der Waals surface area contributed by atoms with Gasteiger partial charge in [-0.1, -0.05) is 28.1 Å². The van der Waals surface area contributed by atoms with Crippen molar-refractivity contribution in [3.8, 4) is 11.5 Å². The van der Waals surface area contributed by atoms with E-state index in [1.165, 1.54) is 25.1 Å². The zero-order valence-corrected chi connectivity index (χ0v) is 11.8. The lowest BCUT2D eigenvalue weighted by Crippen LogP contribution is -2.19. The zero-order chi connectivity index (χ0) is 14.6. The smallest absolute Gasteiger partial charge is 0.490 e. The van der Waals surface area contributed by atoms with Crippen LogP contribution in [0, 0.1) is 0 Å². The molecule has 19 heavy (non-hydrogen) atoms. The van der Waals surface area contributed by atoms with E-state index in [0.29, 0.717) is 0 Å². The highest BCUT2D eigenvalue weighted by Gasteiger charge is 2.35. The Morgan fingerprint density at radius 2 is 2.05 bits per heavy atom. The number of ether oxygens (including phenoxy) is 2. The number of Topliss-reactive ketones (excluding diaryl/α,β-unsaturated/α-hetero) is 1. The molecule has 1 rings (SSSR count). The molecule has 0 bridgehead atoms. The lowest BCUT2D eigenvalue weighted by atomic mass is 10.1. The second kappa shape index (κ2) is 6.27. The van der Waals surface area contributed by atoms with Gasteiger partial charge in [0.1, 0.15) is 10.6 Å². The van der Waals surface area contributed by atoms with Gasteiger partial charge in [-0.15, -0.1) is 13.2 Å². The molecule has 0 aromatic heterocycles. The van der Waals surface area contributed by atoms with E-state index in [2.05, 4.69) is 20.7 Å². The predicted octanol–water partition coefficient (Wildman–Crippen LogP) is 4.01. The van der Waals surface area contributed by atoms with Crippen molar-refractivity contribution in [2.24, 2.45) is 0 Å². The summed E-state index contributed by atoms with van der Waals surface area (Å²) in [6.45, 7) is 3.09. The van der Waals surface area contributed by atoms with E-state index in [9.17, 15) is 18.0 Å². The third-order valence-corrected chi connectivity index (χ3v) is 3.29. The first kappa shape index (κ1) is 15.8.